The fraction of sp³-hybridized carbons (Fsp3) is 0.192. The van der Waals surface area contributed by atoms with Gasteiger partial charge in [0, 0.05) is 22.6 Å². The number of benzene rings is 2. The van der Waals surface area contributed by atoms with Gasteiger partial charge in [0.15, 0.2) is 17.3 Å². The van der Waals surface area contributed by atoms with Crippen molar-refractivity contribution in [3.8, 4) is 17.2 Å². The number of amides is 2. The summed E-state index contributed by atoms with van der Waals surface area (Å²) in [4.78, 5) is 39.8. The number of methoxy groups -OCH3 is 2. The molecule has 3 aromatic rings. The van der Waals surface area contributed by atoms with E-state index in [-0.39, 0.29) is 23.1 Å². The Bertz CT molecular complexity index is 1360. The average molecular weight is 495 g/mol. The van der Waals surface area contributed by atoms with Crippen LogP contribution in [0.2, 0.25) is 0 Å². The molecule has 0 atom stereocenters. The number of ketones is 1. The number of carbonyl (C=O) groups excluding carboxylic acids is 3. The molecule has 7 nitrogen and oxygen atoms in total. The minimum absolute atomic E-state index is 0.215. The van der Waals surface area contributed by atoms with Gasteiger partial charge < -0.3 is 14.0 Å². The number of Topliss-reactive ketones (excluding diaryl/α,β-unsaturated/α-hetero) is 1. The van der Waals surface area contributed by atoms with Crippen LogP contribution in [0.15, 0.2) is 53.4 Å². The van der Waals surface area contributed by atoms with E-state index in [1.54, 1.807) is 49.4 Å². The average Bonchev–Trinajstić information content (AvgIpc) is 3.28. The molecule has 0 N–H and O–H groups in total. The van der Waals surface area contributed by atoms with E-state index in [1.807, 2.05) is 11.5 Å². The van der Waals surface area contributed by atoms with Gasteiger partial charge in [0.05, 0.1) is 25.7 Å². The van der Waals surface area contributed by atoms with Crippen molar-refractivity contribution < 1.29 is 28.2 Å². The molecule has 4 rings (SSSR count). The number of thioether (sulfide) groups is 1. The highest BCUT2D eigenvalue weighted by Gasteiger charge is 2.37. The van der Waals surface area contributed by atoms with Crippen molar-refractivity contribution in [3.63, 3.8) is 0 Å². The standard InChI is InChI=1S/C26H23FN2O5S/c1-15-11-20(16(2)29(15)19-8-6-18(27)7-9-19)21(30)14-28-25(31)24(35-26(28)32)13-17-5-10-22(33-3)23(12-17)34-4/h5-13H,14H2,1-4H3. The summed E-state index contributed by atoms with van der Waals surface area (Å²) in [6.45, 7) is 3.23. The third kappa shape index (κ3) is 4.72. The number of imide groups is 1. The molecule has 0 radical (unpaired) electrons. The molecule has 1 fully saturated rings. The van der Waals surface area contributed by atoms with E-state index in [2.05, 4.69) is 0 Å². The van der Waals surface area contributed by atoms with Gasteiger partial charge in [0.2, 0.25) is 0 Å². The molecule has 0 aliphatic carbocycles. The number of nitrogens with zero attached hydrogens (tertiary/aromatic N) is 2. The zero-order chi connectivity index (χ0) is 25.3. The summed E-state index contributed by atoms with van der Waals surface area (Å²) >= 11 is 0.782. The molecule has 9 heteroatoms. The molecule has 2 aromatic carbocycles. The molecule has 35 heavy (non-hydrogen) atoms. The third-order valence-corrected chi connectivity index (χ3v) is 6.60. The van der Waals surface area contributed by atoms with Crippen LogP contribution in [-0.2, 0) is 4.79 Å². The first-order valence-corrected chi connectivity index (χ1v) is 11.5. The summed E-state index contributed by atoms with van der Waals surface area (Å²) in [6, 6.07) is 12.8. The van der Waals surface area contributed by atoms with Crippen molar-refractivity contribution in [3.05, 3.63) is 81.8 Å². The summed E-state index contributed by atoms with van der Waals surface area (Å²) < 4.78 is 25.7. The van der Waals surface area contributed by atoms with Gasteiger partial charge in [-0.05, 0) is 79.7 Å². The Hall–Kier alpha value is -3.85. The van der Waals surface area contributed by atoms with Crippen molar-refractivity contribution in [2.45, 2.75) is 13.8 Å². The molecule has 0 saturated carbocycles. The molecule has 2 amide bonds. The summed E-state index contributed by atoms with van der Waals surface area (Å²) in [6.07, 6.45) is 1.58. The zero-order valence-corrected chi connectivity index (χ0v) is 20.4. The lowest BCUT2D eigenvalue weighted by Gasteiger charge is -2.12. The first kappa shape index (κ1) is 24.3. The van der Waals surface area contributed by atoms with Crippen molar-refractivity contribution in [2.24, 2.45) is 0 Å². The highest BCUT2D eigenvalue weighted by Crippen LogP contribution is 2.35. The van der Waals surface area contributed by atoms with E-state index in [0.29, 0.717) is 34.0 Å². The molecule has 2 heterocycles. The minimum Gasteiger partial charge on any atom is -0.493 e. The molecule has 0 unspecified atom stereocenters. The number of ether oxygens (including phenoxy) is 2. The molecular formula is C26H23FN2O5S. The Balaban J connectivity index is 1.55. The molecule has 180 valence electrons. The van der Waals surface area contributed by atoms with Crippen LogP contribution >= 0.6 is 11.8 Å². The van der Waals surface area contributed by atoms with Gasteiger partial charge in [-0.15, -0.1) is 0 Å². The fourth-order valence-electron chi connectivity index (χ4n) is 3.99. The van der Waals surface area contributed by atoms with E-state index >= 15 is 0 Å². The van der Waals surface area contributed by atoms with Crippen LogP contribution in [0.1, 0.15) is 27.3 Å². The molecule has 1 aromatic heterocycles. The van der Waals surface area contributed by atoms with Gasteiger partial charge in [-0.3, -0.25) is 19.3 Å². The lowest BCUT2D eigenvalue weighted by molar-refractivity contribution is -0.122. The van der Waals surface area contributed by atoms with E-state index in [4.69, 9.17) is 9.47 Å². The van der Waals surface area contributed by atoms with E-state index < -0.39 is 11.1 Å². The summed E-state index contributed by atoms with van der Waals surface area (Å²) in [7, 11) is 3.03. The second-order valence-corrected chi connectivity index (χ2v) is 8.90. The lowest BCUT2D eigenvalue weighted by atomic mass is 10.1. The summed E-state index contributed by atoms with van der Waals surface area (Å²) in [5.41, 5.74) is 3.19. The predicted octanol–water partition coefficient (Wildman–Crippen LogP) is 5.17. The Morgan fingerprint density at radius 3 is 2.34 bits per heavy atom. The monoisotopic (exact) mass is 494 g/mol. The smallest absolute Gasteiger partial charge is 0.293 e. The number of hydrogen-bond donors (Lipinski definition) is 0. The Labute approximate surface area is 206 Å². The second-order valence-electron chi connectivity index (χ2n) is 7.90. The van der Waals surface area contributed by atoms with Crippen LogP contribution in [0.25, 0.3) is 11.8 Å². The molecule has 0 spiro atoms. The Morgan fingerprint density at radius 1 is 1.00 bits per heavy atom. The van der Waals surface area contributed by atoms with E-state index in [9.17, 15) is 18.8 Å². The topological polar surface area (TPSA) is 77.8 Å². The van der Waals surface area contributed by atoms with Crippen LogP contribution in [0.3, 0.4) is 0 Å². The van der Waals surface area contributed by atoms with E-state index in [0.717, 1.165) is 22.4 Å². The highest BCUT2D eigenvalue weighted by atomic mass is 32.2. The normalized spacial score (nSPS) is 14.7. The number of aromatic nitrogens is 1. The van der Waals surface area contributed by atoms with Crippen LogP contribution in [-0.4, -0.2) is 47.2 Å². The maximum absolute atomic E-state index is 13.3. The Morgan fingerprint density at radius 2 is 1.69 bits per heavy atom. The summed E-state index contributed by atoms with van der Waals surface area (Å²) in [5.74, 6) is -0.210. The third-order valence-electron chi connectivity index (χ3n) is 5.70. The molecule has 1 aliphatic rings. The van der Waals surface area contributed by atoms with Crippen molar-refractivity contribution in [1.29, 1.82) is 0 Å². The maximum atomic E-state index is 13.3. The fourth-order valence-corrected chi connectivity index (χ4v) is 4.83. The van der Waals surface area contributed by atoms with Gasteiger partial charge in [-0.2, -0.15) is 0 Å². The highest BCUT2D eigenvalue weighted by molar-refractivity contribution is 8.18. The van der Waals surface area contributed by atoms with Crippen molar-refractivity contribution in [1.82, 2.24) is 9.47 Å². The van der Waals surface area contributed by atoms with E-state index in [1.165, 1.54) is 26.4 Å². The van der Waals surface area contributed by atoms with Crippen molar-refractivity contribution >= 4 is 34.8 Å². The Kier molecular flexibility index (Phi) is 6.79. The quantitative estimate of drug-likeness (QED) is 0.333. The zero-order valence-electron chi connectivity index (χ0n) is 19.6. The van der Waals surface area contributed by atoms with Gasteiger partial charge in [-0.1, -0.05) is 6.07 Å². The van der Waals surface area contributed by atoms with Gasteiger partial charge in [-0.25, -0.2) is 4.39 Å². The first-order chi connectivity index (χ1) is 16.7. The lowest BCUT2D eigenvalue weighted by Crippen LogP contribution is -2.33. The van der Waals surface area contributed by atoms with Crippen LogP contribution in [0.4, 0.5) is 9.18 Å². The largest absolute Gasteiger partial charge is 0.493 e. The predicted molar refractivity (Wildman–Crippen MR) is 132 cm³/mol. The number of carbonyl (C=O) groups is 3. The maximum Gasteiger partial charge on any atom is 0.293 e. The summed E-state index contributed by atoms with van der Waals surface area (Å²) in [5, 5.41) is -0.512. The molecule has 1 aliphatic heterocycles. The molecule has 1 saturated heterocycles. The number of rotatable bonds is 7. The van der Waals surface area contributed by atoms with Gasteiger partial charge >= 0.3 is 0 Å². The minimum atomic E-state index is -0.532. The van der Waals surface area contributed by atoms with Crippen molar-refractivity contribution in [2.75, 3.05) is 20.8 Å². The van der Waals surface area contributed by atoms with Crippen LogP contribution in [0.5, 0.6) is 11.5 Å². The number of halogens is 1. The SMILES string of the molecule is COc1ccc(C=C2SC(=O)N(CC(=O)c3cc(C)n(-c4ccc(F)cc4)c3C)C2=O)cc1OC. The van der Waals surface area contributed by atoms with Gasteiger partial charge in [0.1, 0.15) is 5.82 Å². The number of aryl methyl sites for hydroxylation is 1. The second kappa shape index (κ2) is 9.79. The molecular weight excluding hydrogens is 471 g/mol. The first-order valence-electron chi connectivity index (χ1n) is 10.7. The van der Waals surface area contributed by atoms with Crippen LogP contribution in [0, 0.1) is 19.7 Å². The molecule has 0 bridgehead atoms. The van der Waals surface area contributed by atoms with Crippen LogP contribution < -0.4 is 9.47 Å². The van der Waals surface area contributed by atoms with Gasteiger partial charge in [0.25, 0.3) is 11.1 Å². The number of hydrogen-bond acceptors (Lipinski definition) is 6.